The summed E-state index contributed by atoms with van der Waals surface area (Å²) in [6, 6.07) is 17.6. The Morgan fingerprint density at radius 2 is 1.81 bits per heavy atom. The summed E-state index contributed by atoms with van der Waals surface area (Å²) in [5.41, 5.74) is 0.844. The fraction of sp³-hybridized carbons (Fsp3) is 0.286. The number of fused-ring (bicyclic) bond motifs is 2. The van der Waals surface area contributed by atoms with E-state index in [1.54, 1.807) is 0 Å². The third-order valence-corrected chi connectivity index (χ3v) is 4.86. The van der Waals surface area contributed by atoms with Crippen LogP contribution in [0.15, 0.2) is 59.0 Å². The third kappa shape index (κ3) is 2.79. The van der Waals surface area contributed by atoms with Crippen LogP contribution < -0.4 is 9.47 Å². The fourth-order valence-electron chi connectivity index (χ4n) is 3.38. The van der Waals surface area contributed by atoms with E-state index in [0.717, 1.165) is 29.6 Å². The van der Waals surface area contributed by atoms with E-state index in [-0.39, 0.29) is 18.6 Å². The maximum absolute atomic E-state index is 13.1. The molecular formula is C21H19NO4. The van der Waals surface area contributed by atoms with Crippen LogP contribution in [-0.2, 0) is 11.3 Å². The molecule has 0 radical (unpaired) electrons. The van der Waals surface area contributed by atoms with Crippen molar-refractivity contribution in [3.05, 3.63) is 60.4 Å². The Morgan fingerprint density at radius 3 is 2.62 bits per heavy atom. The first-order valence-corrected chi connectivity index (χ1v) is 8.94. The number of rotatable bonds is 4. The molecule has 1 fully saturated rings. The lowest BCUT2D eigenvalue weighted by Gasteiger charge is -2.30. The molecule has 2 aliphatic rings. The summed E-state index contributed by atoms with van der Waals surface area (Å²) in [6.45, 7) is 0.693. The monoisotopic (exact) mass is 349 g/mol. The summed E-state index contributed by atoms with van der Waals surface area (Å²) in [5.74, 6) is 2.06. The standard InChI is InChI=1S/C21H19NO4/c23-21(20-13-24-18-7-3-4-8-19(18)26-20)22(15-9-10-15)12-16-11-14-5-1-2-6-17(14)25-16/h1-8,11,15,20H,9-10,12-13H2/t20-/m1/s1. The Balaban J connectivity index is 1.36. The SMILES string of the molecule is O=C([C@H]1COc2ccccc2O1)N(Cc1cc2ccccc2o1)C1CC1. The minimum Gasteiger partial charge on any atom is -0.485 e. The molecule has 0 unspecified atom stereocenters. The van der Waals surface area contributed by atoms with Gasteiger partial charge in [-0.1, -0.05) is 30.3 Å². The number of carbonyl (C=O) groups is 1. The molecule has 3 aromatic rings. The zero-order valence-corrected chi connectivity index (χ0v) is 14.3. The van der Waals surface area contributed by atoms with Gasteiger partial charge < -0.3 is 18.8 Å². The first-order valence-electron chi connectivity index (χ1n) is 8.94. The number of carbonyl (C=O) groups excluding carboxylic acids is 1. The molecule has 1 aliphatic heterocycles. The molecule has 0 bridgehead atoms. The molecule has 1 aliphatic carbocycles. The molecule has 0 N–H and O–H groups in total. The van der Waals surface area contributed by atoms with Gasteiger partial charge in [0.15, 0.2) is 11.5 Å². The average molecular weight is 349 g/mol. The van der Waals surface area contributed by atoms with Gasteiger partial charge in [0.25, 0.3) is 5.91 Å². The molecule has 5 rings (SSSR count). The number of para-hydroxylation sites is 3. The summed E-state index contributed by atoms with van der Waals surface area (Å²) in [6.07, 6.45) is 1.43. The minimum atomic E-state index is -0.616. The second-order valence-electron chi connectivity index (χ2n) is 6.81. The van der Waals surface area contributed by atoms with Crippen LogP contribution in [0.5, 0.6) is 11.5 Å². The largest absolute Gasteiger partial charge is 0.485 e. The normalized spacial score (nSPS) is 18.7. The topological polar surface area (TPSA) is 51.9 Å². The van der Waals surface area contributed by atoms with Gasteiger partial charge in [0, 0.05) is 11.4 Å². The van der Waals surface area contributed by atoms with Gasteiger partial charge in [-0.3, -0.25) is 4.79 Å². The van der Waals surface area contributed by atoms with Crippen molar-refractivity contribution in [3.63, 3.8) is 0 Å². The maximum atomic E-state index is 13.1. The molecule has 26 heavy (non-hydrogen) atoms. The Bertz CT molecular complexity index is 926. The highest BCUT2D eigenvalue weighted by Gasteiger charge is 2.39. The maximum Gasteiger partial charge on any atom is 0.267 e. The zero-order valence-electron chi connectivity index (χ0n) is 14.3. The van der Waals surface area contributed by atoms with E-state index in [0.29, 0.717) is 18.0 Å². The lowest BCUT2D eigenvalue weighted by molar-refractivity contribution is -0.142. The van der Waals surface area contributed by atoms with Crippen LogP contribution in [0.4, 0.5) is 0 Å². The van der Waals surface area contributed by atoms with Crippen molar-refractivity contribution >= 4 is 16.9 Å². The van der Waals surface area contributed by atoms with Crippen LogP contribution in [0, 0.1) is 0 Å². The van der Waals surface area contributed by atoms with E-state index >= 15 is 0 Å². The van der Waals surface area contributed by atoms with Gasteiger partial charge in [0.1, 0.15) is 18.0 Å². The van der Waals surface area contributed by atoms with Gasteiger partial charge in [0.2, 0.25) is 6.10 Å². The van der Waals surface area contributed by atoms with Gasteiger partial charge in [-0.2, -0.15) is 0 Å². The minimum absolute atomic E-state index is 0.0394. The first kappa shape index (κ1) is 15.3. The smallest absolute Gasteiger partial charge is 0.267 e. The predicted molar refractivity (Wildman–Crippen MR) is 96.1 cm³/mol. The number of amides is 1. The highest BCUT2D eigenvalue weighted by molar-refractivity contribution is 5.83. The van der Waals surface area contributed by atoms with Gasteiger partial charge in [-0.05, 0) is 37.1 Å². The van der Waals surface area contributed by atoms with Crippen LogP contribution in [0.1, 0.15) is 18.6 Å². The second-order valence-corrected chi connectivity index (χ2v) is 6.81. The summed E-state index contributed by atoms with van der Waals surface area (Å²) < 4.78 is 17.5. The Morgan fingerprint density at radius 1 is 1.04 bits per heavy atom. The van der Waals surface area contributed by atoms with E-state index in [4.69, 9.17) is 13.9 Å². The molecule has 1 saturated carbocycles. The molecular weight excluding hydrogens is 330 g/mol. The number of furan rings is 1. The average Bonchev–Trinajstić information content (AvgIpc) is 3.44. The lowest BCUT2D eigenvalue weighted by atomic mass is 10.2. The number of nitrogens with zero attached hydrogens (tertiary/aromatic N) is 1. The lowest BCUT2D eigenvalue weighted by Crippen LogP contribution is -2.47. The summed E-state index contributed by atoms with van der Waals surface area (Å²) >= 11 is 0. The number of ether oxygens (including phenoxy) is 2. The Kier molecular flexibility index (Phi) is 3.59. The first-order chi connectivity index (χ1) is 12.8. The van der Waals surface area contributed by atoms with Gasteiger partial charge in [0.05, 0.1) is 6.54 Å². The van der Waals surface area contributed by atoms with Crippen LogP contribution >= 0.6 is 0 Å². The van der Waals surface area contributed by atoms with Crippen molar-refractivity contribution in [3.8, 4) is 11.5 Å². The summed E-state index contributed by atoms with van der Waals surface area (Å²) in [5, 5.41) is 1.05. The van der Waals surface area contributed by atoms with Crippen molar-refractivity contribution in [2.45, 2.75) is 31.5 Å². The van der Waals surface area contributed by atoms with Crippen molar-refractivity contribution in [2.75, 3.05) is 6.61 Å². The summed E-state index contributed by atoms with van der Waals surface area (Å²) in [7, 11) is 0. The Labute approximate surface area is 151 Å². The number of benzene rings is 2. The van der Waals surface area contributed by atoms with Crippen molar-refractivity contribution in [1.82, 2.24) is 4.90 Å². The quantitative estimate of drug-likeness (QED) is 0.720. The van der Waals surface area contributed by atoms with E-state index in [2.05, 4.69) is 0 Å². The van der Waals surface area contributed by atoms with Crippen LogP contribution in [0.2, 0.25) is 0 Å². The molecule has 5 heteroatoms. The second kappa shape index (κ2) is 6.09. The molecule has 1 atom stereocenters. The van der Waals surface area contributed by atoms with E-state index in [9.17, 15) is 4.79 Å². The van der Waals surface area contributed by atoms with Gasteiger partial charge >= 0.3 is 0 Å². The summed E-state index contributed by atoms with van der Waals surface area (Å²) in [4.78, 5) is 15.0. The highest BCUT2D eigenvalue weighted by atomic mass is 16.6. The van der Waals surface area contributed by atoms with Crippen LogP contribution in [0.3, 0.4) is 0 Å². The molecule has 5 nitrogen and oxygen atoms in total. The molecule has 2 heterocycles. The molecule has 2 aromatic carbocycles. The predicted octanol–water partition coefficient (Wildman–Crippen LogP) is 3.76. The number of hydrogen-bond donors (Lipinski definition) is 0. The molecule has 0 spiro atoms. The van der Waals surface area contributed by atoms with Crippen molar-refractivity contribution in [1.29, 1.82) is 0 Å². The molecule has 1 amide bonds. The Hall–Kier alpha value is -2.95. The van der Waals surface area contributed by atoms with E-state index in [1.807, 2.05) is 59.5 Å². The zero-order chi connectivity index (χ0) is 17.5. The van der Waals surface area contributed by atoms with Gasteiger partial charge in [-0.15, -0.1) is 0 Å². The highest BCUT2D eigenvalue weighted by Crippen LogP contribution is 2.34. The van der Waals surface area contributed by atoms with Crippen LogP contribution in [-0.4, -0.2) is 29.6 Å². The van der Waals surface area contributed by atoms with Gasteiger partial charge in [-0.25, -0.2) is 0 Å². The van der Waals surface area contributed by atoms with E-state index in [1.165, 1.54) is 0 Å². The van der Waals surface area contributed by atoms with Crippen molar-refractivity contribution < 1.29 is 18.7 Å². The third-order valence-electron chi connectivity index (χ3n) is 4.86. The fourth-order valence-corrected chi connectivity index (χ4v) is 3.38. The molecule has 1 aromatic heterocycles. The number of hydrogen-bond acceptors (Lipinski definition) is 4. The molecule has 132 valence electrons. The van der Waals surface area contributed by atoms with E-state index < -0.39 is 6.10 Å². The molecule has 0 saturated heterocycles. The van der Waals surface area contributed by atoms with Crippen molar-refractivity contribution in [2.24, 2.45) is 0 Å². The van der Waals surface area contributed by atoms with Crippen LogP contribution in [0.25, 0.3) is 11.0 Å².